The van der Waals surface area contributed by atoms with Crippen molar-refractivity contribution in [2.45, 2.75) is 17.4 Å². The van der Waals surface area contributed by atoms with Crippen LogP contribution in [0.4, 0.5) is 0 Å². The Bertz CT molecular complexity index is 964. The van der Waals surface area contributed by atoms with E-state index in [0.29, 0.717) is 0 Å². The molecule has 1 heterocycles. The van der Waals surface area contributed by atoms with Crippen LogP contribution in [-0.2, 0) is 21.2 Å². The fourth-order valence-electron chi connectivity index (χ4n) is 2.55. The molecule has 3 N–H and O–H groups in total. The highest BCUT2D eigenvalue weighted by Crippen LogP contribution is 2.20. The summed E-state index contributed by atoms with van der Waals surface area (Å²) in [5.41, 5.74) is 1.62. The van der Waals surface area contributed by atoms with Gasteiger partial charge in [0.15, 0.2) is 0 Å². The minimum atomic E-state index is -3.90. The molecule has 0 amide bonds. The second-order valence-electron chi connectivity index (χ2n) is 5.39. The van der Waals surface area contributed by atoms with E-state index in [2.05, 4.69) is 9.71 Å². The van der Waals surface area contributed by atoms with Crippen molar-refractivity contribution >= 4 is 26.9 Å². The number of carbonyl (C=O) groups is 1. The summed E-state index contributed by atoms with van der Waals surface area (Å²) in [6.45, 7) is 0. The number of H-pyrrole nitrogens is 1. The number of sulfonamides is 1. The van der Waals surface area contributed by atoms with Crippen molar-refractivity contribution in [3.63, 3.8) is 0 Å². The number of nitrogens with one attached hydrogen (secondary N) is 2. The van der Waals surface area contributed by atoms with Crippen LogP contribution in [0, 0.1) is 0 Å². The van der Waals surface area contributed by atoms with Crippen LogP contribution in [0.3, 0.4) is 0 Å². The van der Waals surface area contributed by atoms with Gasteiger partial charge in [0.05, 0.1) is 4.90 Å². The average molecular weight is 344 g/mol. The molecule has 0 spiro atoms. The van der Waals surface area contributed by atoms with E-state index >= 15 is 0 Å². The number of hydrogen-bond donors (Lipinski definition) is 3. The largest absolute Gasteiger partial charge is 0.480 e. The molecule has 1 aromatic heterocycles. The summed E-state index contributed by atoms with van der Waals surface area (Å²) < 4.78 is 27.0. The highest BCUT2D eigenvalue weighted by atomic mass is 32.2. The first-order valence-electron chi connectivity index (χ1n) is 7.32. The minimum Gasteiger partial charge on any atom is -0.480 e. The third kappa shape index (κ3) is 3.32. The Morgan fingerprint density at radius 3 is 2.46 bits per heavy atom. The average Bonchev–Trinajstić information content (AvgIpc) is 2.98. The van der Waals surface area contributed by atoms with Crippen LogP contribution >= 0.6 is 0 Å². The third-order valence-electron chi connectivity index (χ3n) is 3.75. The smallest absolute Gasteiger partial charge is 0.322 e. The normalized spacial score (nSPS) is 13.0. The topological polar surface area (TPSA) is 99.3 Å². The van der Waals surface area contributed by atoms with Crippen LogP contribution in [0.15, 0.2) is 65.7 Å². The Kier molecular flexibility index (Phi) is 4.37. The molecule has 124 valence electrons. The molecule has 7 heteroatoms. The quantitative estimate of drug-likeness (QED) is 0.638. The standard InChI is InChI=1S/C17H16N2O4S/c20-17(21)16(19-24(22,23)13-6-2-1-3-7-13)10-12-11-18-15-9-5-4-8-14(12)15/h1-9,11,16,18-19H,10H2,(H,20,21)/t16-/m1/s1. The molecule has 0 saturated heterocycles. The van der Waals surface area contributed by atoms with Crippen LogP contribution in [-0.4, -0.2) is 30.5 Å². The molecule has 0 aliphatic heterocycles. The summed E-state index contributed by atoms with van der Waals surface area (Å²) in [4.78, 5) is 14.6. The predicted molar refractivity (Wildman–Crippen MR) is 90.2 cm³/mol. The van der Waals surface area contributed by atoms with E-state index in [1.54, 1.807) is 24.4 Å². The zero-order chi connectivity index (χ0) is 17.2. The first kappa shape index (κ1) is 16.2. The lowest BCUT2D eigenvalue weighted by Crippen LogP contribution is -2.42. The van der Waals surface area contributed by atoms with E-state index in [4.69, 9.17) is 0 Å². The molecule has 0 fully saturated rings. The number of rotatable bonds is 6. The van der Waals surface area contributed by atoms with Gasteiger partial charge in [0.2, 0.25) is 10.0 Å². The van der Waals surface area contributed by atoms with Crippen molar-refractivity contribution in [1.29, 1.82) is 0 Å². The van der Waals surface area contributed by atoms with Gasteiger partial charge in [0.25, 0.3) is 0 Å². The highest BCUT2D eigenvalue weighted by molar-refractivity contribution is 7.89. The molecule has 6 nitrogen and oxygen atoms in total. The third-order valence-corrected chi connectivity index (χ3v) is 5.24. The number of carboxylic acid groups (broad SMARTS) is 1. The van der Waals surface area contributed by atoms with E-state index in [1.807, 2.05) is 24.3 Å². The molecular weight excluding hydrogens is 328 g/mol. The van der Waals surface area contributed by atoms with Gasteiger partial charge in [-0.2, -0.15) is 4.72 Å². The molecular formula is C17H16N2O4S. The van der Waals surface area contributed by atoms with Gasteiger partial charge in [0.1, 0.15) is 6.04 Å². The molecule has 0 saturated carbocycles. The molecule has 24 heavy (non-hydrogen) atoms. The molecule has 0 aliphatic carbocycles. The Labute approximate surface area is 139 Å². The number of benzene rings is 2. The van der Waals surface area contributed by atoms with Gasteiger partial charge in [-0.3, -0.25) is 4.79 Å². The minimum absolute atomic E-state index is 0.0372. The van der Waals surface area contributed by atoms with Gasteiger partial charge in [0, 0.05) is 23.5 Å². The van der Waals surface area contributed by atoms with Crippen molar-refractivity contribution in [2.24, 2.45) is 0 Å². The summed E-state index contributed by atoms with van der Waals surface area (Å²) in [5.74, 6) is -1.22. The van der Waals surface area contributed by atoms with Crippen molar-refractivity contribution < 1.29 is 18.3 Å². The number of aromatic amines is 1. The van der Waals surface area contributed by atoms with E-state index in [9.17, 15) is 18.3 Å². The lowest BCUT2D eigenvalue weighted by molar-refractivity contribution is -0.138. The van der Waals surface area contributed by atoms with Crippen LogP contribution in [0.25, 0.3) is 10.9 Å². The fraction of sp³-hybridized carbons (Fsp3) is 0.118. The first-order chi connectivity index (χ1) is 11.5. The van der Waals surface area contributed by atoms with E-state index in [0.717, 1.165) is 16.5 Å². The predicted octanol–water partition coefficient (Wildman–Crippen LogP) is 2.14. The fourth-order valence-corrected chi connectivity index (χ4v) is 3.77. The second-order valence-corrected chi connectivity index (χ2v) is 7.10. The maximum absolute atomic E-state index is 12.4. The number of aliphatic carboxylic acids is 1. The monoisotopic (exact) mass is 344 g/mol. The summed E-state index contributed by atoms with van der Waals surface area (Å²) in [6, 6.07) is 13.9. The molecule has 3 aromatic rings. The number of carboxylic acids is 1. The number of aromatic nitrogens is 1. The Balaban J connectivity index is 1.87. The maximum Gasteiger partial charge on any atom is 0.322 e. The SMILES string of the molecule is O=C(O)[C@@H](Cc1c[nH]c2ccccc12)NS(=O)(=O)c1ccccc1. The lowest BCUT2D eigenvalue weighted by Gasteiger charge is -2.14. The zero-order valence-corrected chi connectivity index (χ0v) is 13.5. The summed E-state index contributed by atoms with van der Waals surface area (Å²) in [7, 11) is -3.90. The Morgan fingerprint density at radius 2 is 1.75 bits per heavy atom. The maximum atomic E-state index is 12.4. The van der Waals surface area contributed by atoms with E-state index < -0.39 is 22.0 Å². The number of fused-ring (bicyclic) bond motifs is 1. The van der Waals surface area contributed by atoms with Gasteiger partial charge < -0.3 is 10.1 Å². The summed E-state index contributed by atoms with van der Waals surface area (Å²) in [6.07, 6.45) is 1.75. The van der Waals surface area contributed by atoms with Crippen molar-refractivity contribution in [1.82, 2.24) is 9.71 Å². The molecule has 3 rings (SSSR count). The van der Waals surface area contributed by atoms with Gasteiger partial charge in [-0.05, 0) is 23.8 Å². The summed E-state index contributed by atoms with van der Waals surface area (Å²) in [5, 5.41) is 10.3. The Hall–Kier alpha value is -2.64. The first-order valence-corrected chi connectivity index (χ1v) is 8.81. The van der Waals surface area contributed by atoms with Gasteiger partial charge >= 0.3 is 5.97 Å². The van der Waals surface area contributed by atoms with Crippen LogP contribution in [0.1, 0.15) is 5.56 Å². The van der Waals surface area contributed by atoms with Gasteiger partial charge in [-0.25, -0.2) is 8.42 Å². The van der Waals surface area contributed by atoms with Gasteiger partial charge in [-0.1, -0.05) is 36.4 Å². The van der Waals surface area contributed by atoms with Crippen LogP contribution < -0.4 is 4.72 Å². The molecule has 0 unspecified atom stereocenters. The summed E-state index contributed by atoms with van der Waals surface area (Å²) >= 11 is 0. The second kappa shape index (κ2) is 6.46. The van der Waals surface area contributed by atoms with Crippen LogP contribution in [0.5, 0.6) is 0 Å². The van der Waals surface area contributed by atoms with Crippen molar-refractivity contribution in [3.8, 4) is 0 Å². The molecule has 0 aliphatic rings. The van der Waals surface area contributed by atoms with Crippen LogP contribution in [0.2, 0.25) is 0 Å². The molecule has 0 bridgehead atoms. The Morgan fingerprint density at radius 1 is 1.08 bits per heavy atom. The zero-order valence-electron chi connectivity index (χ0n) is 12.6. The van der Waals surface area contributed by atoms with Gasteiger partial charge in [-0.15, -0.1) is 0 Å². The van der Waals surface area contributed by atoms with E-state index in [-0.39, 0.29) is 11.3 Å². The number of hydrogen-bond acceptors (Lipinski definition) is 3. The molecule has 0 radical (unpaired) electrons. The van der Waals surface area contributed by atoms with Crippen molar-refractivity contribution in [2.75, 3.05) is 0 Å². The van der Waals surface area contributed by atoms with E-state index in [1.165, 1.54) is 12.1 Å². The lowest BCUT2D eigenvalue weighted by atomic mass is 10.1. The number of para-hydroxylation sites is 1. The molecule has 1 atom stereocenters. The van der Waals surface area contributed by atoms with Crippen molar-refractivity contribution in [3.05, 3.63) is 66.4 Å². The highest BCUT2D eigenvalue weighted by Gasteiger charge is 2.26. The molecule has 2 aromatic carbocycles.